The first kappa shape index (κ1) is 18.0. The number of aliphatic carboxylic acids is 1. The summed E-state index contributed by atoms with van der Waals surface area (Å²) >= 11 is 0. The average Bonchev–Trinajstić information content (AvgIpc) is 2.48. The summed E-state index contributed by atoms with van der Waals surface area (Å²) in [4.78, 5) is 22.9. The molecule has 0 rings (SSSR count). The van der Waals surface area contributed by atoms with Crippen LogP contribution in [0.4, 0.5) is 0 Å². The van der Waals surface area contributed by atoms with Crippen LogP contribution in [-0.4, -0.2) is 24.1 Å². The Labute approximate surface area is 130 Å². The van der Waals surface area contributed by atoms with E-state index in [1.165, 1.54) is 51.9 Å². The van der Waals surface area contributed by atoms with Crippen LogP contribution in [0.5, 0.6) is 0 Å². The minimum atomic E-state index is -1.51. The zero-order valence-corrected chi connectivity index (χ0v) is 13.7. The Morgan fingerprint density at radius 2 is 1.48 bits per heavy atom. The normalized spacial score (nSPS) is 14.3. The number of unbranched alkanes of at least 4 members (excludes halogenated alkanes) is 9. The van der Waals surface area contributed by atoms with Crippen LogP contribution in [0.1, 0.15) is 85.8 Å². The molecule has 1 atom stereocenters. The number of hydrogen-bond donors (Lipinski definition) is 1. The Morgan fingerprint density at radius 3 is 1.90 bits per heavy atom. The van der Waals surface area contributed by atoms with Crippen molar-refractivity contribution >= 4 is 11.9 Å². The maximum absolute atomic E-state index is 11.7. The van der Waals surface area contributed by atoms with Gasteiger partial charge in [0.2, 0.25) is 0 Å². The summed E-state index contributed by atoms with van der Waals surface area (Å²) in [6, 6.07) is 0. The smallest absolute Gasteiger partial charge is 0.322 e. The molecule has 0 aliphatic rings. The van der Waals surface area contributed by atoms with Crippen molar-refractivity contribution in [2.24, 2.45) is 5.41 Å². The van der Waals surface area contributed by atoms with Gasteiger partial charge in [0, 0.05) is 0 Å². The standard InChI is InChI=1S/C17H32O4/c1-4-5-6-7-8-9-10-11-12-13-14-17(2,15(18)19)16(20)21-3/h4-14H2,1-3H3,(H,18,19)/i3D. The number of esters is 1. The van der Waals surface area contributed by atoms with E-state index in [9.17, 15) is 14.7 Å². The molecule has 0 amide bonds. The molecule has 0 saturated heterocycles. The molecule has 0 fully saturated rings. The molecule has 1 unspecified atom stereocenters. The lowest BCUT2D eigenvalue weighted by Crippen LogP contribution is -2.37. The van der Waals surface area contributed by atoms with Gasteiger partial charge in [-0.1, -0.05) is 71.1 Å². The second-order valence-corrected chi connectivity index (χ2v) is 6.00. The monoisotopic (exact) mass is 301 g/mol. The van der Waals surface area contributed by atoms with Crippen LogP contribution in [0.3, 0.4) is 0 Å². The molecule has 0 aliphatic carbocycles. The Balaban J connectivity index is 3.78. The van der Waals surface area contributed by atoms with Gasteiger partial charge < -0.3 is 9.84 Å². The molecule has 4 nitrogen and oxygen atoms in total. The molecule has 1 N–H and O–H groups in total. The van der Waals surface area contributed by atoms with Gasteiger partial charge in [-0.2, -0.15) is 0 Å². The first-order valence-electron chi connectivity index (χ1n) is 8.89. The minimum Gasteiger partial charge on any atom is -0.480 e. The van der Waals surface area contributed by atoms with Gasteiger partial charge in [-0.05, 0) is 13.3 Å². The van der Waals surface area contributed by atoms with Gasteiger partial charge in [-0.15, -0.1) is 0 Å². The summed E-state index contributed by atoms with van der Waals surface area (Å²) in [6.07, 6.45) is 11.9. The fourth-order valence-electron chi connectivity index (χ4n) is 2.42. The molecule has 0 bridgehead atoms. The molecule has 0 aromatic carbocycles. The molecular weight excluding hydrogens is 268 g/mol. The fraction of sp³-hybridized carbons (Fsp3) is 0.882. The highest BCUT2D eigenvalue weighted by atomic mass is 16.5. The molecule has 4 heteroatoms. The molecule has 0 aromatic heterocycles. The second kappa shape index (κ2) is 11.6. The Kier molecular flexibility index (Phi) is 9.92. The zero-order chi connectivity index (χ0) is 16.8. The van der Waals surface area contributed by atoms with Crippen LogP contribution >= 0.6 is 0 Å². The Bertz CT molecular complexity index is 320. The van der Waals surface area contributed by atoms with Crippen LogP contribution in [-0.2, 0) is 14.3 Å². The van der Waals surface area contributed by atoms with Crippen molar-refractivity contribution in [2.45, 2.75) is 84.5 Å². The molecule has 0 aromatic rings. The predicted molar refractivity (Wildman–Crippen MR) is 84.2 cm³/mol. The second-order valence-electron chi connectivity index (χ2n) is 6.00. The third-order valence-corrected chi connectivity index (χ3v) is 4.08. The highest BCUT2D eigenvalue weighted by Crippen LogP contribution is 2.27. The largest absolute Gasteiger partial charge is 0.480 e. The molecule has 0 radical (unpaired) electrons. The highest BCUT2D eigenvalue weighted by Gasteiger charge is 2.41. The predicted octanol–water partition coefficient (Wildman–Crippen LogP) is 4.56. The molecule has 0 heterocycles. The number of carboxylic acid groups (broad SMARTS) is 1. The SMILES string of the molecule is [2H]COC(=O)C(C)(CCCCCCCCCCCC)C(=O)O. The topological polar surface area (TPSA) is 63.6 Å². The molecule has 0 spiro atoms. The van der Waals surface area contributed by atoms with Crippen LogP contribution in [0, 0.1) is 5.41 Å². The van der Waals surface area contributed by atoms with Gasteiger partial charge in [-0.3, -0.25) is 9.59 Å². The third kappa shape index (κ3) is 8.08. The molecular formula is C17H32O4. The van der Waals surface area contributed by atoms with Gasteiger partial charge >= 0.3 is 11.9 Å². The van der Waals surface area contributed by atoms with E-state index >= 15 is 0 Å². The third-order valence-electron chi connectivity index (χ3n) is 4.08. The Hall–Kier alpha value is -1.06. The zero-order valence-electron chi connectivity index (χ0n) is 14.7. The lowest BCUT2D eigenvalue weighted by Gasteiger charge is -2.21. The van der Waals surface area contributed by atoms with Gasteiger partial charge in [0.05, 0.1) is 8.46 Å². The fourth-order valence-corrected chi connectivity index (χ4v) is 2.42. The van der Waals surface area contributed by atoms with Crippen molar-refractivity contribution in [2.75, 3.05) is 7.09 Å². The van der Waals surface area contributed by atoms with Crippen molar-refractivity contribution in [1.82, 2.24) is 0 Å². The number of carboxylic acids is 1. The van der Waals surface area contributed by atoms with Gasteiger partial charge in [0.25, 0.3) is 0 Å². The van der Waals surface area contributed by atoms with E-state index in [1.54, 1.807) is 0 Å². The van der Waals surface area contributed by atoms with E-state index in [0.29, 0.717) is 6.42 Å². The summed E-state index contributed by atoms with van der Waals surface area (Å²) in [5.41, 5.74) is -1.51. The number of carbonyl (C=O) groups is 2. The van der Waals surface area contributed by atoms with Crippen molar-refractivity contribution in [1.29, 1.82) is 0 Å². The summed E-state index contributed by atoms with van der Waals surface area (Å²) in [5, 5.41) is 9.21. The first-order chi connectivity index (χ1) is 10.5. The molecule has 0 aliphatic heterocycles. The van der Waals surface area contributed by atoms with E-state index < -0.39 is 24.4 Å². The Morgan fingerprint density at radius 1 is 1.00 bits per heavy atom. The number of hydrogen-bond acceptors (Lipinski definition) is 3. The number of methoxy groups -OCH3 is 1. The summed E-state index contributed by atoms with van der Waals surface area (Å²) < 4.78 is 11.4. The van der Waals surface area contributed by atoms with Crippen LogP contribution in [0.25, 0.3) is 0 Å². The number of carbonyl (C=O) groups excluding carboxylic acids is 1. The van der Waals surface area contributed by atoms with E-state index in [1.807, 2.05) is 0 Å². The molecule has 0 saturated carbocycles. The minimum absolute atomic E-state index is 0.275. The van der Waals surface area contributed by atoms with E-state index in [-0.39, 0.29) is 6.42 Å². The maximum atomic E-state index is 11.7. The van der Waals surface area contributed by atoms with E-state index in [2.05, 4.69) is 11.7 Å². The van der Waals surface area contributed by atoms with Crippen LogP contribution in [0.15, 0.2) is 0 Å². The van der Waals surface area contributed by atoms with Gasteiger partial charge in [-0.25, -0.2) is 0 Å². The maximum Gasteiger partial charge on any atom is 0.322 e. The molecule has 124 valence electrons. The lowest BCUT2D eigenvalue weighted by molar-refractivity contribution is -0.166. The number of ether oxygens (including phenoxy) is 1. The van der Waals surface area contributed by atoms with E-state index in [4.69, 9.17) is 1.37 Å². The van der Waals surface area contributed by atoms with Crippen LogP contribution in [0.2, 0.25) is 0 Å². The van der Waals surface area contributed by atoms with Gasteiger partial charge in [0.15, 0.2) is 5.41 Å². The number of rotatable bonds is 13. The highest BCUT2D eigenvalue weighted by molar-refractivity contribution is 5.98. The summed E-state index contributed by atoms with van der Waals surface area (Å²) in [6.45, 7) is 3.60. The van der Waals surface area contributed by atoms with Crippen molar-refractivity contribution < 1.29 is 20.8 Å². The van der Waals surface area contributed by atoms with Crippen molar-refractivity contribution in [3.05, 3.63) is 0 Å². The lowest BCUT2D eigenvalue weighted by atomic mass is 9.84. The van der Waals surface area contributed by atoms with Crippen molar-refractivity contribution in [3.8, 4) is 0 Å². The van der Waals surface area contributed by atoms with Crippen molar-refractivity contribution in [3.63, 3.8) is 0 Å². The van der Waals surface area contributed by atoms with Crippen LogP contribution < -0.4 is 0 Å². The quantitative estimate of drug-likeness (QED) is 0.308. The molecule has 21 heavy (non-hydrogen) atoms. The summed E-state index contributed by atoms with van der Waals surface area (Å²) in [7, 11) is -0.528. The summed E-state index contributed by atoms with van der Waals surface area (Å²) in [5.74, 6) is -1.97. The van der Waals surface area contributed by atoms with E-state index in [0.717, 1.165) is 12.8 Å². The average molecular weight is 301 g/mol. The first-order valence-corrected chi connectivity index (χ1v) is 8.19. The van der Waals surface area contributed by atoms with Gasteiger partial charge in [0.1, 0.15) is 0 Å².